The standard InChI is InChI=1S/C11H16OS2/c12-10-8-2-4-9(5-3-8)11(10)13-6-1-7-14-11/h8-9H,1-7H2. The number of fused-ring (bicyclic) bond motifs is 2. The minimum Gasteiger partial charge on any atom is -0.297 e. The molecule has 0 radical (unpaired) electrons. The van der Waals surface area contributed by atoms with Gasteiger partial charge < -0.3 is 0 Å². The second-order valence-corrected chi connectivity index (χ2v) is 7.57. The SMILES string of the molecule is O=C1C2CCC(CC2)C12SCCCS2. The molecule has 4 aliphatic rings. The lowest BCUT2D eigenvalue weighted by molar-refractivity contribution is -0.129. The van der Waals surface area contributed by atoms with Gasteiger partial charge in [-0.2, -0.15) is 0 Å². The van der Waals surface area contributed by atoms with Crippen molar-refractivity contribution >= 4 is 29.3 Å². The van der Waals surface area contributed by atoms with E-state index in [0.29, 0.717) is 17.6 Å². The first-order valence-electron chi connectivity index (χ1n) is 5.65. The monoisotopic (exact) mass is 228 g/mol. The van der Waals surface area contributed by atoms with E-state index in [1.165, 1.54) is 43.6 Å². The molecule has 1 saturated heterocycles. The van der Waals surface area contributed by atoms with Crippen molar-refractivity contribution in [2.24, 2.45) is 11.8 Å². The Morgan fingerprint density at radius 2 is 1.71 bits per heavy atom. The average Bonchev–Trinajstić information content (AvgIpc) is 2.27. The molecule has 0 aromatic heterocycles. The Hall–Kier alpha value is 0.370. The molecule has 4 rings (SSSR count). The molecule has 1 heterocycles. The van der Waals surface area contributed by atoms with Gasteiger partial charge in [-0.3, -0.25) is 4.79 Å². The molecule has 0 amide bonds. The highest BCUT2D eigenvalue weighted by Gasteiger charge is 2.55. The number of rotatable bonds is 0. The molecule has 4 fully saturated rings. The van der Waals surface area contributed by atoms with Gasteiger partial charge >= 0.3 is 0 Å². The van der Waals surface area contributed by atoms with Crippen molar-refractivity contribution in [3.63, 3.8) is 0 Å². The van der Waals surface area contributed by atoms with E-state index in [-0.39, 0.29) is 4.08 Å². The second-order valence-electron chi connectivity index (χ2n) is 4.63. The summed E-state index contributed by atoms with van der Waals surface area (Å²) in [7, 11) is 0. The zero-order valence-corrected chi connectivity index (χ0v) is 9.96. The van der Waals surface area contributed by atoms with Gasteiger partial charge in [0, 0.05) is 5.92 Å². The van der Waals surface area contributed by atoms with Gasteiger partial charge in [-0.1, -0.05) is 0 Å². The molecule has 14 heavy (non-hydrogen) atoms. The topological polar surface area (TPSA) is 17.1 Å². The highest BCUT2D eigenvalue weighted by molar-refractivity contribution is 8.20. The van der Waals surface area contributed by atoms with Gasteiger partial charge in [0.2, 0.25) is 0 Å². The van der Waals surface area contributed by atoms with Crippen molar-refractivity contribution in [2.75, 3.05) is 11.5 Å². The van der Waals surface area contributed by atoms with Gasteiger partial charge in [0.1, 0.15) is 4.08 Å². The minimum absolute atomic E-state index is 0.0272. The number of thioether (sulfide) groups is 2. The Kier molecular flexibility index (Phi) is 2.36. The summed E-state index contributed by atoms with van der Waals surface area (Å²) in [6.45, 7) is 0. The zero-order valence-electron chi connectivity index (χ0n) is 8.33. The fourth-order valence-electron chi connectivity index (χ4n) is 3.15. The number of carbonyl (C=O) groups excluding carboxylic acids is 1. The number of Topliss-reactive ketones (excluding diaryl/α,β-unsaturated/α-hetero) is 1. The average molecular weight is 228 g/mol. The molecule has 1 aliphatic heterocycles. The molecule has 1 nitrogen and oxygen atoms in total. The molecule has 0 N–H and O–H groups in total. The Bertz CT molecular complexity index is 250. The molecule has 0 unspecified atom stereocenters. The predicted molar refractivity (Wildman–Crippen MR) is 62.7 cm³/mol. The number of hydrogen-bond donors (Lipinski definition) is 0. The summed E-state index contributed by atoms with van der Waals surface area (Å²) in [5.74, 6) is 4.16. The molecule has 0 aromatic rings. The molecule has 2 bridgehead atoms. The van der Waals surface area contributed by atoms with Crippen molar-refractivity contribution in [3.05, 3.63) is 0 Å². The van der Waals surface area contributed by atoms with Crippen molar-refractivity contribution in [3.8, 4) is 0 Å². The summed E-state index contributed by atoms with van der Waals surface area (Å²) in [5.41, 5.74) is 0. The molecule has 1 spiro atoms. The van der Waals surface area contributed by atoms with Crippen LogP contribution in [0.2, 0.25) is 0 Å². The third kappa shape index (κ3) is 1.21. The fraction of sp³-hybridized carbons (Fsp3) is 0.909. The van der Waals surface area contributed by atoms with Crippen LogP contribution >= 0.6 is 23.5 Å². The van der Waals surface area contributed by atoms with Crippen molar-refractivity contribution in [2.45, 2.75) is 36.2 Å². The van der Waals surface area contributed by atoms with Crippen LogP contribution < -0.4 is 0 Å². The van der Waals surface area contributed by atoms with Crippen LogP contribution in [0.15, 0.2) is 0 Å². The molecule has 3 saturated carbocycles. The molecule has 0 atom stereocenters. The molecule has 3 aliphatic carbocycles. The summed E-state index contributed by atoms with van der Waals surface area (Å²) in [5, 5.41) is 0. The Morgan fingerprint density at radius 3 is 2.29 bits per heavy atom. The number of carbonyl (C=O) groups is 1. The van der Waals surface area contributed by atoms with E-state index in [1.807, 2.05) is 23.5 Å². The van der Waals surface area contributed by atoms with Gasteiger partial charge in [0.05, 0.1) is 0 Å². The van der Waals surface area contributed by atoms with Crippen LogP contribution in [0.4, 0.5) is 0 Å². The lowest BCUT2D eigenvalue weighted by Gasteiger charge is -2.50. The summed E-state index contributed by atoms with van der Waals surface area (Å²) in [6, 6.07) is 0. The summed E-state index contributed by atoms with van der Waals surface area (Å²) in [4.78, 5) is 12.3. The van der Waals surface area contributed by atoms with Crippen LogP contribution in [0.3, 0.4) is 0 Å². The Morgan fingerprint density at radius 1 is 1.07 bits per heavy atom. The van der Waals surface area contributed by atoms with Crippen LogP contribution in [0.5, 0.6) is 0 Å². The van der Waals surface area contributed by atoms with Crippen LogP contribution in [0.1, 0.15) is 32.1 Å². The van der Waals surface area contributed by atoms with Gasteiger partial charge in [-0.15, -0.1) is 23.5 Å². The highest BCUT2D eigenvalue weighted by atomic mass is 32.2. The highest BCUT2D eigenvalue weighted by Crippen LogP contribution is 2.58. The van der Waals surface area contributed by atoms with E-state index < -0.39 is 0 Å². The van der Waals surface area contributed by atoms with E-state index in [0.717, 1.165) is 0 Å². The molecule has 3 heteroatoms. The first kappa shape index (κ1) is 9.59. The summed E-state index contributed by atoms with van der Waals surface area (Å²) in [6.07, 6.45) is 6.30. The van der Waals surface area contributed by atoms with E-state index >= 15 is 0 Å². The predicted octanol–water partition coefficient (Wildman–Crippen LogP) is 2.94. The zero-order chi connectivity index (χ0) is 9.60. The third-order valence-corrected chi connectivity index (χ3v) is 7.52. The maximum absolute atomic E-state index is 12.3. The van der Waals surface area contributed by atoms with Crippen LogP contribution in [-0.2, 0) is 4.79 Å². The molecule has 78 valence electrons. The summed E-state index contributed by atoms with van der Waals surface area (Å²) >= 11 is 3.94. The van der Waals surface area contributed by atoms with E-state index in [9.17, 15) is 4.79 Å². The molecule has 0 aromatic carbocycles. The van der Waals surface area contributed by atoms with E-state index in [4.69, 9.17) is 0 Å². The second kappa shape index (κ2) is 3.44. The van der Waals surface area contributed by atoms with Gasteiger partial charge in [0.15, 0.2) is 5.78 Å². The largest absolute Gasteiger partial charge is 0.297 e. The van der Waals surface area contributed by atoms with Crippen LogP contribution in [0.25, 0.3) is 0 Å². The van der Waals surface area contributed by atoms with Gasteiger partial charge in [-0.05, 0) is 49.5 Å². The minimum atomic E-state index is 0.0272. The van der Waals surface area contributed by atoms with Crippen molar-refractivity contribution in [1.29, 1.82) is 0 Å². The first-order valence-corrected chi connectivity index (χ1v) is 7.62. The Balaban J connectivity index is 1.92. The molecular weight excluding hydrogens is 212 g/mol. The smallest absolute Gasteiger partial charge is 0.162 e. The third-order valence-electron chi connectivity index (χ3n) is 3.90. The first-order chi connectivity index (χ1) is 6.83. The fourth-order valence-corrected chi connectivity index (χ4v) is 6.91. The Labute approximate surface area is 93.8 Å². The normalized spacial score (nSPS) is 40.4. The van der Waals surface area contributed by atoms with Gasteiger partial charge in [0.25, 0.3) is 0 Å². The van der Waals surface area contributed by atoms with Crippen LogP contribution in [-0.4, -0.2) is 21.4 Å². The number of hydrogen-bond acceptors (Lipinski definition) is 3. The van der Waals surface area contributed by atoms with E-state index in [2.05, 4.69) is 0 Å². The lowest BCUT2D eigenvalue weighted by Crippen LogP contribution is -2.52. The van der Waals surface area contributed by atoms with E-state index in [1.54, 1.807) is 0 Å². The number of ketones is 1. The van der Waals surface area contributed by atoms with Gasteiger partial charge in [-0.25, -0.2) is 0 Å². The maximum Gasteiger partial charge on any atom is 0.162 e. The molecular formula is C11H16OS2. The summed E-state index contributed by atoms with van der Waals surface area (Å²) < 4.78 is 0.0272. The maximum atomic E-state index is 12.3. The van der Waals surface area contributed by atoms with Crippen LogP contribution in [0, 0.1) is 11.8 Å². The lowest BCUT2D eigenvalue weighted by atomic mass is 9.69. The van der Waals surface area contributed by atoms with Crippen molar-refractivity contribution in [1.82, 2.24) is 0 Å². The van der Waals surface area contributed by atoms with Crippen molar-refractivity contribution < 1.29 is 4.79 Å². The quantitative estimate of drug-likeness (QED) is 0.634.